The van der Waals surface area contributed by atoms with Gasteiger partial charge in [0.2, 0.25) is 5.89 Å². The molecule has 174 valence electrons. The maximum Gasteiger partial charge on any atom is 0.339 e. The molecule has 1 unspecified atom stereocenters. The molecule has 5 aromatic rings. The number of nitrogens with zero attached hydrogens (tertiary/aromatic N) is 2. The molecule has 2 aromatic heterocycles. The highest BCUT2D eigenvalue weighted by Gasteiger charge is 2.23. The van der Waals surface area contributed by atoms with Crippen molar-refractivity contribution in [2.24, 2.45) is 0 Å². The van der Waals surface area contributed by atoms with E-state index in [9.17, 15) is 9.59 Å². The summed E-state index contributed by atoms with van der Waals surface area (Å²) in [6.45, 7) is 1.50. The summed E-state index contributed by atoms with van der Waals surface area (Å²) >= 11 is 7.48. The summed E-state index contributed by atoms with van der Waals surface area (Å²) in [5.41, 5.74) is 3.42. The third kappa shape index (κ3) is 4.80. The molecule has 2 heterocycles. The van der Waals surface area contributed by atoms with E-state index in [4.69, 9.17) is 20.8 Å². The van der Waals surface area contributed by atoms with Crippen LogP contribution in [0, 0.1) is 0 Å². The van der Waals surface area contributed by atoms with Gasteiger partial charge in [-0.2, -0.15) is 0 Å². The van der Waals surface area contributed by atoms with Crippen molar-refractivity contribution in [1.29, 1.82) is 0 Å². The number of nitrogens with one attached hydrogen (secondary N) is 1. The molecule has 0 aliphatic heterocycles. The lowest BCUT2D eigenvalue weighted by atomic mass is 10.1. The van der Waals surface area contributed by atoms with E-state index in [2.05, 4.69) is 15.3 Å². The number of para-hydroxylation sites is 2. The fourth-order valence-electron chi connectivity index (χ4n) is 3.44. The number of halogens is 1. The second kappa shape index (κ2) is 9.69. The van der Waals surface area contributed by atoms with Gasteiger partial charge < -0.3 is 9.15 Å². The summed E-state index contributed by atoms with van der Waals surface area (Å²) in [4.78, 5) is 34.5. The lowest BCUT2D eigenvalue weighted by Gasteiger charge is -2.13. The van der Waals surface area contributed by atoms with Crippen molar-refractivity contribution in [2.45, 2.75) is 13.0 Å². The van der Waals surface area contributed by atoms with Gasteiger partial charge in [-0.3, -0.25) is 10.1 Å². The fraction of sp³-hybridized carbons (Fsp3) is 0.0769. The Morgan fingerprint density at radius 1 is 0.971 bits per heavy atom. The average Bonchev–Trinajstić information content (AvgIpc) is 3.51. The van der Waals surface area contributed by atoms with Gasteiger partial charge >= 0.3 is 5.97 Å². The van der Waals surface area contributed by atoms with Crippen LogP contribution in [0.1, 0.15) is 17.3 Å². The van der Waals surface area contributed by atoms with E-state index < -0.39 is 18.0 Å². The lowest BCUT2D eigenvalue weighted by Crippen LogP contribution is -2.30. The zero-order valence-corrected chi connectivity index (χ0v) is 20.0. The molecule has 0 saturated heterocycles. The second-order valence-electron chi connectivity index (χ2n) is 7.59. The maximum atomic E-state index is 12.9. The van der Waals surface area contributed by atoms with Crippen molar-refractivity contribution in [3.05, 3.63) is 88.8 Å². The number of hydrogen-bond acceptors (Lipinski definition) is 7. The molecular formula is C26H18ClN3O4S. The first-order valence-electron chi connectivity index (χ1n) is 10.7. The van der Waals surface area contributed by atoms with E-state index in [0.717, 1.165) is 5.56 Å². The van der Waals surface area contributed by atoms with Gasteiger partial charge in [0, 0.05) is 16.0 Å². The smallest absolute Gasteiger partial charge is 0.339 e. The van der Waals surface area contributed by atoms with Crippen LogP contribution in [-0.4, -0.2) is 27.9 Å². The van der Waals surface area contributed by atoms with E-state index in [1.54, 1.807) is 41.8 Å². The summed E-state index contributed by atoms with van der Waals surface area (Å²) in [6.07, 6.45) is -1.06. The highest BCUT2D eigenvalue weighted by atomic mass is 35.5. The molecule has 35 heavy (non-hydrogen) atoms. The molecule has 1 amide bonds. The summed E-state index contributed by atoms with van der Waals surface area (Å²) in [5, 5.41) is 5.43. The third-order valence-corrected chi connectivity index (χ3v) is 6.30. The Morgan fingerprint density at radius 3 is 2.49 bits per heavy atom. The monoisotopic (exact) mass is 503 g/mol. The number of anilines is 1. The van der Waals surface area contributed by atoms with Gasteiger partial charge in [-0.1, -0.05) is 54.1 Å². The highest BCUT2D eigenvalue weighted by molar-refractivity contribution is 7.14. The van der Waals surface area contributed by atoms with Gasteiger partial charge in [0.15, 0.2) is 16.8 Å². The largest absolute Gasteiger partial charge is 0.449 e. The Labute approximate surface area is 209 Å². The Bertz CT molecular complexity index is 1510. The molecule has 3 aromatic carbocycles. The van der Waals surface area contributed by atoms with Crippen LogP contribution < -0.4 is 5.32 Å². The molecule has 7 nitrogen and oxygen atoms in total. The topological polar surface area (TPSA) is 94.3 Å². The molecule has 0 saturated carbocycles. The number of amides is 1. The van der Waals surface area contributed by atoms with Gasteiger partial charge in [0.1, 0.15) is 5.52 Å². The molecule has 0 spiro atoms. The number of ether oxygens (including phenoxy) is 1. The van der Waals surface area contributed by atoms with Gasteiger partial charge in [-0.15, -0.1) is 11.3 Å². The number of esters is 1. The molecule has 1 atom stereocenters. The SMILES string of the molecule is CC(OC(=O)c1ccccc1-c1nc2ccccc2o1)C(=O)Nc1nc(-c2ccccc2Cl)cs1. The number of thiazole rings is 1. The highest BCUT2D eigenvalue weighted by Crippen LogP contribution is 2.31. The average molecular weight is 504 g/mol. The molecule has 1 N–H and O–H groups in total. The van der Waals surface area contributed by atoms with E-state index >= 15 is 0 Å². The van der Waals surface area contributed by atoms with E-state index in [1.807, 2.05) is 36.4 Å². The Hall–Kier alpha value is -4.01. The predicted octanol–water partition coefficient (Wildman–Crippen LogP) is 6.46. The van der Waals surface area contributed by atoms with Crippen molar-refractivity contribution < 1.29 is 18.7 Å². The molecule has 0 fully saturated rings. The van der Waals surface area contributed by atoms with Crippen molar-refractivity contribution in [2.75, 3.05) is 5.32 Å². The van der Waals surface area contributed by atoms with Gasteiger partial charge in [0.05, 0.1) is 16.8 Å². The Kier molecular flexibility index (Phi) is 6.31. The number of carbonyl (C=O) groups is 2. The maximum absolute atomic E-state index is 12.9. The predicted molar refractivity (Wildman–Crippen MR) is 136 cm³/mol. The zero-order valence-electron chi connectivity index (χ0n) is 18.4. The summed E-state index contributed by atoms with van der Waals surface area (Å²) in [5.74, 6) is -0.870. The molecule has 9 heteroatoms. The van der Waals surface area contributed by atoms with E-state index in [1.165, 1.54) is 18.3 Å². The second-order valence-corrected chi connectivity index (χ2v) is 8.85. The lowest BCUT2D eigenvalue weighted by molar-refractivity contribution is -0.123. The minimum Gasteiger partial charge on any atom is -0.449 e. The molecular weight excluding hydrogens is 486 g/mol. The quantitative estimate of drug-likeness (QED) is 0.267. The third-order valence-electron chi connectivity index (χ3n) is 5.21. The first-order valence-corrected chi connectivity index (χ1v) is 11.9. The first kappa shape index (κ1) is 22.8. The van der Waals surface area contributed by atoms with Crippen LogP contribution in [-0.2, 0) is 9.53 Å². The van der Waals surface area contributed by atoms with Crippen LogP contribution in [0.5, 0.6) is 0 Å². The molecule has 0 radical (unpaired) electrons. The minimum absolute atomic E-state index is 0.244. The van der Waals surface area contributed by atoms with Crippen LogP contribution in [0.25, 0.3) is 33.8 Å². The van der Waals surface area contributed by atoms with E-state index in [-0.39, 0.29) is 5.56 Å². The van der Waals surface area contributed by atoms with E-state index in [0.29, 0.717) is 38.4 Å². The van der Waals surface area contributed by atoms with Crippen molar-refractivity contribution in [3.63, 3.8) is 0 Å². The van der Waals surface area contributed by atoms with Crippen LogP contribution in [0.4, 0.5) is 5.13 Å². The fourth-order valence-corrected chi connectivity index (χ4v) is 4.39. The minimum atomic E-state index is -1.06. The number of rotatable bonds is 6. The number of aromatic nitrogens is 2. The van der Waals surface area contributed by atoms with Crippen molar-refractivity contribution >= 4 is 51.0 Å². The standard InChI is InChI=1S/C26H18ClN3O4S/c1-15(23(31)30-26-29-21(14-35-26)18-10-4-5-11-19(18)27)33-25(32)17-9-3-2-8-16(17)24-28-20-12-6-7-13-22(20)34-24/h2-15H,1H3,(H,29,30,31). The van der Waals surface area contributed by atoms with Crippen LogP contribution in [0.15, 0.2) is 82.6 Å². The number of carbonyl (C=O) groups excluding carboxylic acids is 2. The molecule has 0 aliphatic carbocycles. The normalized spacial score (nSPS) is 11.8. The number of benzene rings is 3. The van der Waals surface area contributed by atoms with Crippen molar-refractivity contribution in [1.82, 2.24) is 9.97 Å². The Balaban J connectivity index is 1.29. The summed E-state index contributed by atoms with van der Waals surface area (Å²) < 4.78 is 11.3. The first-order chi connectivity index (χ1) is 17.0. The van der Waals surface area contributed by atoms with Gasteiger partial charge in [-0.05, 0) is 37.3 Å². The summed E-state index contributed by atoms with van der Waals surface area (Å²) in [6, 6.07) is 21.4. The molecule has 0 aliphatic rings. The number of hydrogen-bond donors (Lipinski definition) is 1. The zero-order chi connectivity index (χ0) is 24.4. The summed E-state index contributed by atoms with van der Waals surface area (Å²) in [7, 11) is 0. The number of fused-ring (bicyclic) bond motifs is 1. The number of oxazole rings is 1. The van der Waals surface area contributed by atoms with Gasteiger partial charge in [0.25, 0.3) is 5.91 Å². The molecule has 0 bridgehead atoms. The van der Waals surface area contributed by atoms with Crippen LogP contribution in [0.2, 0.25) is 5.02 Å². The van der Waals surface area contributed by atoms with Crippen LogP contribution in [0.3, 0.4) is 0 Å². The molecule has 5 rings (SSSR count). The van der Waals surface area contributed by atoms with Gasteiger partial charge in [-0.25, -0.2) is 14.8 Å². The Morgan fingerprint density at radius 2 is 1.69 bits per heavy atom. The van der Waals surface area contributed by atoms with Crippen LogP contribution >= 0.6 is 22.9 Å². The van der Waals surface area contributed by atoms with Crippen molar-refractivity contribution in [3.8, 4) is 22.7 Å².